The molecule has 11 heavy (non-hydrogen) atoms. The van der Waals surface area contributed by atoms with Crippen LogP contribution in [-0.2, 0) is 4.79 Å². The molecular weight excluding hydrogens is 142 g/mol. The number of nitrogens with zero attached hydrogens (tertiary/aromatic N) is 1. The Bertz CT molecular complexity index is 134. The maximum Gasteiger partial charge on any atom is 0.306 e. The lowest BCUT2D eigenvalue weighted by Crippen LogP contribution is -2.28. The maximum atomic E-state index is 10.4. The van der Waals surface area contributed by atoms with Gasteiger partial charge >= 0.3 is 5.97 Å². The highest BCUT2D eigenvalue weighted by Crippen LogP contribution is 2.08. The summed E-state index contributed by atoms with van der Waals surface area (Å²) in [7, 11) is 3.92. The van der Waals surface area contributed by atoms with E-state index in [0.717, 1.165) is 0 Å². The zero-order chi connectivity index (χ0) is 9.02. The minimum atomic E-state index is -0.710. The van der Waals surface area contributed by atoms with Gasteiger partial charge in [0.2, 0.25) is 0 Å². The molecule has 0 aromatic carbocycles. The minimum Gasteiger partial charge on any atom is -0.481 e. The van der Waals surface area contributed by atoms with Crippen molar-refractivity contribution in [3.8, 4) is 0 Å². The SMILES string of the molecule is CC(CC(C)N(C)C)C(=O)O. The molecule has 0 aliphatic rings. The first-order valence-corrected chi connectivity index (χ1v) is 3.84. The van der Waals surface area contributed by atoms with Gasteiger partial charge in [0, 0.05) is 6.04 Å². The molecule has 3 nitrogen and oxygen atoms in total. The largest absolute Gasteiger partial charge is 0.481 e. The third kappa shape index (κ3) is 3.98. The highest BCUT2D eigenvalue weighted by molar-refractivity contribution is 5.69. The van der Waals surface area contributed by atoms with Gasteiger partial charge in [-0.25, -0.2) is 0 Å². The van der Waals surface area contributed by atoms with Gasteiger partial charge in [0.15, 0.2) is 0 Å². The van der Waals surface area contributed by atoms with E-state index >= 15 is 0 Å². The lowest BCUT2D eigenvalue weighted by Gasteiger charge is -2.21. The van der Waals surface area contributed by atoms with E-state index in [9.17, 15) is 4.79 Å². The fourth-order valence-electron chi connectivity index (χ4n) is 0.823. The third-order valence-electron chi connectivity index (χ3n) is 2.00. The monoisotopic (exact) mass is 159 g/mol. The molecule has 0 aliphatic heterocycles. The van der Waals surface area contributed by atoms with Crippen LogP contribution in [0.2, 0.25) is 0 Å². The maximum absolute atomic E-state index is 10.4. The molecule has 66 valence electrons. The molecule has 0 bridgehead atoms. The first-order chi connectivity index (χ1) is 4.95. The summed E-state index contributed by atoms with van der Waals surface area (Å²) in [4.78, 5) is 12.5. The number of aliphatic carboxylic acids is 1. The Hall–Kier alpha value is -0.570. The Morgan fingerprint density at radius 2 is 1.91 bits per heavy atom. The van der Waals surface area contributed by atoms with Crippen molar-refractivity contribution in [2.75, 3.05) is 14.1 Å². The third-order valence-corrected chi connectivity index (χ3v) is 2.00. The number of carboxylic acid groups (broad SMARTS) is 1. The molecule has 3 heteroatoms. The average molecular weight is 159 g/mol. The number of rotatable bonds is 4. The van der Waals surface area contributed by atoms with E-state index in [2.05, 4.69) is 0 Å². The molecule has 0 radical (unpaired) electrons. The van der Waals surface area contributed by atoms with Gasteiger partial charge in [-0.2, -0.15) is 0 Å². The highest BCUT2D eigenvalue weighted by Gasteiger charge is 2.15. The van der Waals surface area contributed by atoms with E-state index in [1.54, 1.807) is 6.92 Å². The summed E-state index contributed by atoms with van der Waals surface area (Å²) in [6.07, 6.45) is 0.711. The van der Waals surface area contributed by atoms with E-state index in [1.807, 2.05) is 25.9 Å². The van der Waals surface area contributed by atoms with Gasteiger partial charge < -0.3 is 10.0 Å². The van der Waals surface area contributed by atoms with Gasteiger partial charge in [0.05, 0.1) is 5.92 Å². The zero-order valence-electron chi connectivity index (χ0n) is 7.66. The van der Waals surface area contributed by atoms with Gasteiger partial charge in [0.25, 0.3) is 0 Å². The van der Waals surface area contributed by atoms with Crippen LogP contribution in [0.25, 0.3) is 0 Å². The summed E-state index contributed by atoms with van der Waals surface area (Å²) in [6.45, 7) is 3.77. The van der Waals surface area contributed by atoms with Crippen LogP contribution in [0.4, 0.5) is 0 Å². The first kappa shape index (κ1) is 10.4. The predicted molar refractivity (Wildman–Crippen MR) is 44.6 cm³/mol. The van der Waals surface area contributed by atoms with E-state index in [-0.39, 0.29) is 5.92 Å². The molecule has 0 aliphatic carbocycles. The molecule has 2 atom stereocenters. The van der Waals surface area contributed by atoms with Crippen molar-refractivity contribution in [1.29, 1.82) is 0 Å². The first-order valence-electron chi connectivity index (χ1n) is 3.84. The summed E-state index contributed by atoms with van der Waals surface area (Å²) in [6, 6.07) is 0.334. The van der Waals surface area contributed by atoms with Crippen molar-refractivity contribution in [2.24, 2.45) is 5.92 Å². The van der Waals surface area contributed by atoms with Crippen LogP contribution in [0.3, 0.4) is 0 Å². The second-order valence-corrected chi connectivity index (χ2v) is 3.29. The quantitative estimate of drug-likeness (QED) is 0.666. The van der Waals surface area contributed by atoms with Crippen LogP contribution in [0.1, 0.15) is 20.3 Å². The predicted octanol–water partition coefficient (Wildman–Crippen LogP) is 1.05. The zero-order valence-corrected chi connectivity index (χ0v) is 7.66. The fraction of sp³-hybridized carbons (Fsp3) is 0.875. The molecule has 0 fully saturated rings. The van der Waals surface area contributed by atoms with E-state index in [4.69, 9.17) is 5.11 Å². The van der Waals surface area contributed by atoms with Crippen LogP contribution in [0, 0.1) is 5.92 Å². The van der Waals surface area contributed by atoms with Crippen molar-refractivity contribution >= 4 is 5.97 Å². The lowest BCUT2D eigenvalue weighted by atomic mass is 10.0. The topological polar surface area (TPSA) is 40.5 Å². The van der Waals surface area contributed by atoms with Crippen molar-refractivity contribution in [1.82, 2.24) is 4.90 Å². The summed E-state index contributed by atoms with van der Waals surface area (Å²) in [5.41, 5.74) is 0. The molecule has 1 N–H and O–H groups in total. The number of hydrogen-bond donors (Lipinski definition) is 1. The number of carboxylic acids is 1. The van der Waals surface area contributed by atoms with Crippen molar-refractivity contribution < 1.29 is 9.90 Å². The number of hydrogen-bond acceptors (Lipinski definition) is 2. The van der Waals surface area contributed by atoms with Crippen LogP contribution in [0.15, 0.2) is 0 Å². The smallest absolute Gasteiger partial charge is 0.306 e. The second kappa shape index (κ2) is 4.34. The molecular formula is C8H17NO2. The van der Waals surface area contributed by atoms with E-state index < -0.39 is 5.97 Å². The van der Waals surface area contributed by atoms with Crippen LogP contribution in [0.5, 0.6) is 0 Å². The van der Waals surface area contributed by atoms with Gasteiger partial charge in [-0.3, -0.25) is 4.79 Å². The molecule has 0 amide bonds. The van der Waals surface area contributed by atoms with Gasteiger partial charge in [-0.1, -0.05) is 6.92 Å². The van der Waals surface area contributed by atoms with Gasteiger partial charge in [-0.05, 0) is 27.4 Å². The summed E-state index contributed by atoms with van der Waals surface area (Å²) in [5.74, 6) is -0.953. The molecule has 0 saturated carbocycles. The Morgan fingerprint density at radius 3 is 2.18 bits per heavy atom. The molecule has 0 spiro atoms. The molecule has 0 rings (SSSR count). The standard InChI is InChI=1S/C8H17NO2/c1-6(8(10)11)5-7(2)9(3)4/h6-7H,5H2,1-4H3,(H,10,11). The Kier molecular flexibility index (Phi) is 4.11. The van der Waals surface area contributed by atoms with Gasteiger partial charge in [-0.15, -0.1) is 0 Å². The molecule has 0 heterocycles. The molecule has 0 aromatic rings. The van der Waals surface area contributed by atoms with Crippen molar-refractivity contribution in [2.45, 2.75) is 26.3 Å². The van der Waals surface area contributed by atoms with E-state index in [0.29, 0.717) is 12.5 Å². The Morgan fingerprint density at radius 1 is 1.45 bits per heavy atom. The average Bonchev–Trinajstić information content (AvgIpc) is 1.87. The van der Waals surface area contributed by atoms with Crippen LogP contribution < -0.4 is 0 Å². The highest BCUT2D eigenvalue weighted by atomic mass is 16.4. The van der Waals surface area contributed by atoms with Crippen LogP contribution >= 0.6 is 0 Å². The van der Waals surface area contributed by atoms with Gasteiger partial charge in [0.1, 0.15) is 0 Å². The summed E-state index contributed by atoms with van der Waals surface area (Å²) < 4.78 is 0. The fourth-order valence-corrected chi connectivity index (χ4v) is 0.823. The Labute approximate surface area is 68.0 Å². The summed E-state index contributed by atoms with van der Waals surface area (Å²) >= 11 is 0. The molecule has 2 unspecified atom stereocenters. The normalized spacial score (nSPS) is 16.5. The lowest BCUT2D eigenvalue weighted by molar-refractivity contribution is -0.141. The van der Waals surface area contributed by atoms with Crippen molar-refractivity contribution in [3.63, 3.8) is 0 Å². The minimum absolute atomic E-state index is 0.243. The van der Waals surface area contributed by atoms with E-state index in [1.165, 1.54) is 0 Å². The second-order valence-electron chi connectivity index (χ2n) is 3.29. The summed E-state index contributed by atoms with van der Waals surface area (Å²) in [5, 5.41) is 8.59. The molecule has 0 aromatic heterocycles. The molecule has 0 saturated heterocycles. The Balaban J connectivity index is 3.75. The van der Waals surface area contributed by atoms with Crippen molar-refractivity contribution in [3.05, 3.63) is 0 Å². The number of carbonyl (C=O) groups is 1. The van der Waals surface area contributed by atoms with Crippen LogP contribution in [-0.4, -0.2) is 36.1 Å².